The average molecular weight is 496 g/mol. The SMILES string of the molecule is CC1=C(C(=O)NCCCN2CCCC[C@H]2C)C2(CCN(S(=O)(=O)c3cccs3)CC2)OC1=O. The maximum Gasteiger partial charge on any atom is 0.335 e. The largest absolute Gasteiger partial charge is 0.450 e. The van der Waals surface area contributed by atoms with Crippen LogP contribution in [0.15, 0.2) is 32.9 Å². The van der Waals surface area contributed by atoms with Crippen LogP contribution in [0.25, 0.3) is 0 Å². The molecule has 1 aromatic heterocycles. The first kappa shape index (κ1) is 24.4. The number of hydrogen-bond acceptors (Lipinski definition) is 7. The van der Waals surface area contributed by atoms with E-state index in [0.29, 0.717) is 27.9 Å². The molecule has 4 heterocycles. The topological polar surface area (TPSA) is 96.0 Å². The average Bonchev–Trinajstić information content (AvgIpc) is 3.41. The lowest BCUT2D eigenvalue weighted by Gasteiger charge is -2.38. The molecular formula is C23H33N3O5S2. The molecule has 4 rings (SSSR count). The fourth-order valence-corrected chi connectivity index (χ4v) is 7.75. The molecule has 33 heavy (non-hydrogen) atoms. The molecule has 182 valence electrons. The zero-order valence-corrected chi connectivity index (χ0v) is 21.0. The number of sulfonamides is 1. The smallest absolute Gasteiger partial charge is 0.335 e. The van der Waals surface area contributed by atoms with E-state index < -0.39 is 21.6 Å². The van der Waals surface area contributed by atoms with Crippen molar-refractivity contribution in [3.63, 3.8) is 0 Å². The number of rotatable bonds is 7. The van der Waals surface area contributed by atoms with Crippen molar-refractivity contribution >= 4 is 33.2 Å². The van der Waals surface area contributed by atoms with Crippen LogP contribution in [-0.4, -0.2) is 73.9 Å². The highest BCUT2D eigenvalue weighted by molar-refractivity contribution is 7.91. The lowest BCUT2D eigenvalue weighted by Crippen LogP contribution is -2.50. The third kappa shape index (κ3) is 4.89. The first-order valence-corrected chi connectivity index (χ1v) is 14.1. The van der Waals surface area contributed by atoms with Crippen molar-refractivity contribution in [1.82, 2.24) is 14.5 Å². The van der Waals surface area contributed by atoms with Gasteiger partial charge in [0, 0.05) is 50.6 Å². The van der Waals surface area contributed by atoms with Crippen molar-refractivity contribution in [2.45, 2.75) is 68.2 Å². The number of ether oxygens (including phenoxy) is 1. The predicted octanol–water partition coefficient (Wildman–Crippen LogP) is 2.53. The maximum atomic E-state index is 13.1. The highest BCUT2D eigenvalue weighted by Crippen LogP contribution is 2.42. The number of piperidine rings is 2. The number of likely N-dealkylation sites (tertiary alicyclic amines) is 1. The summed E-state index contributed by atoms with van der Waals surface area (Å²) >= 11 is 1.18. The van der Waals surface area contributed by atoms with Gasteiger partial charge in [-0.2, -0.15) is 4.31 Å². The summed E-state index contributed by atoms with van der Waals surface area (Å²) in [5, 5.41) is 4.71. The summed E-state index contributed by atoms with van der Waals surface area (Å²) in [7, 11) is -3.57. The molecule has 10 heteroatoms. The summed E-state index contributed by atoms with van der Waals surface area (Å²) < 4.78 is 33.1. The molecule has 0 aliphatic carbocycles. The molecule has 3 aliphatic rings. The Morgan fingerprint density at radius 3 is 2.70 bits per heavy atom. The van der Waals surface area contributed by atoms with Crippen molar-refractivity contribution in [3.8, 4) is 0 Å². The molecule has 3 aliphatic heterocycles. The number of hydrogen-bond donors (Lipinski definition) is 1. The Hall–Kier alpha value is -1.75. The van der Waals surface area contributed by atoms with Gasteiger partial charge < -0.3 is 15.0 Å². The van der Waals surface area contributed by atoms with E-state index in [0.717, 1.165) is 19.5 Å². The molecule has 0 aromatic carbocycles. The van der Waals surface area contributed by atoms with E-state index in [1.165, 1.54) is 34.9 Å². The molecule has 1 atom stereocenters. The van der Waals surface area contributed by atoms with Gasteiger partial charge in [0.25, 0.3) is 15.9 Å². The number of carbonyl (C=O) groups is 2. The Kier molecular flexibility index (Phi) is 7.28. The molecule has 0 unspecified atom stereocenters. The number of esters is 1. The van der Waals surface area contributed by atoms with Crippen LogP contribution in [0.5, 0.6) is 0 Å². The lowest BCUT2D eigenvalue weighted by atomic mass is 9.83. The van der Waals surface area contributed by atoms with Crippen LogP contribution in [0.4, 0.5) is 0 Å². The van der Waals surface area contributed by atoms with Gasteiger partial charge in [0.1, 0.15) is 9.81 Å². The van der Waals surface area contributed by atoms with Crippen LogP contribution in [0.1, 0.15) is 52.4 Å². The van der Waals surface area contributed by atoms with Crippen molar-refractivity contribution in [3.05, 3.63) is 28.7 Å². The summed E-state index contributed by atoms with van der Waals surface area (Å²) in [4.78, 5) is 28.0. The molecule has 0 radical (unpaired) electrons. The number of nitrogens with zero attached hydrogens (tertiary/aromatic N) is 2. The molecule has 1 spiro atoms. The van der Waals surface area contributed by atoms with Gasteiger partial charge in [0.15, 0.2) is 0 Å². The van der Waals surface area contributed by atoms with E-state index in [2.05, 4.69) is 17.1 Å². The van der Waals surface area contributed by atoms with E-state index >= 15 is 0 Å². The minimum absolute atomic E-state index is 0.199. The molecule has 0 saturated carbocycles. The molecule has 1 N–H and O–H groups in total. The molecule has 1 amide bonds. The van der Waals surface area contributed by atoms with Gasteiger partial charge >= 0.3 is 5.97 Å². The molecule has 8 nitrogen and oxygen atoms in total. The van der Waals surface area contributed by atoms with Gasteiger partial charge in [-0.1, -0.05) is 12.5 Å². The highest BCUT2D eigenvalue weighted by Gasteiger charge is 2.52. The number of thiophene rings is 1. The van der Waals surface area contributed by atoms with Crippen LogP contribution >= 0.6 is 11.3 Å². The number of nitrogens with one attached hydrogen (secondary N) is 1. The third-order valence-corrected chi connectivity index (χ3v) is 10.4. The molecule has 2 saturated heterocycles. The van der Waals surface area contributed by atoms with E-state index in [9.17, 15) is 18.0 Å². The van der Waals surface area contributed by atoms with E-state index in [-0.39, 0.29) is 31.8 Å². The van der Waals surface area contributed by atoms with Crippen molar-refractivity contribution in [2.24, 2.45) is 0 Å². The van der Waals surface area contributed by atoms with Crippen LogP contribution in [0, 0.1) is 0 Å². The van der Waals surface area contributed by atoms with Crippen LogP contribution in [0.3, 0.4) is 0 Å². The van der Waals surface area contributed by atoms with Gasteiger partial charge in [-0.25, -0.2) is 13.2 Å². The summed E-state index contributed by atoms with van der Waals surface area (Å²) in [6.07, 6.45) is 5.12. The standard InChI is InChI=1S/C23H33N3O5S2/c1-17-7-3-4-12-25(17)13-6-11-24-21(27)20-18(2)22(28)31-23(20)9-14-26(15-10-23)33(29,30)19-8-5-16-32-19/h5,8,16-17H,3-4,6-7,9-15H2,1-2H3,(H,24,27)/t17-/m1/s1. The first-order chi connectivity index (χ1) is 15.7. The third-order valence-electron chi connectivity index (χ3n) is 7.12. The maximum absolute atomic E-state index is 13.1. The minimum atomic E-state index is -3.57. The molecule has 2 fully saturated rings. The Morgan fingerprint density at radius 2 is 2.03 bits per heavy atom. The normalized spacial score (nSPS) is 24.3. The van der Waals surface area contributed by atoms with E-state index in [1.54, 1.807) is 24.4 Å². The van der Waals surface area contributed by atoms with Gasteiger partial charge in [-0.15, -0.1) is 11.3 Å². The Labute approximate surface area is 200 Å². The van der Waals surface area contributed by atoms with Gasteiger partial charge in [0.2, 0.25) is 0 Å². The van der Waals surface area contributed by atoms with Crippen molar-refractivity contribution in [1.29, 1.82) is 0 Å². The number of carbonyl (C=O) groups excluding carboxylic acids is 2. The van der Waals surface area contributed by atoms with Crippen molar-refractivity contribution in [2.75, 3.05) is 32.7 Å². The highest BCUT2D eigenvalue weighted by atomic mass is 32.2. The Bertz CT molecular complexity index is 1010. The second-order valence-corrected chi connectivity index (χ2v) is 12.3. The summed E-state index contributed by atoms with van der Waals surface area (Å²) in [6.45, 7) is 6.85. The van der Waals surface area contributed by atoms with Gasteiger partial charge in [0.05, 0.1) is 5.57 Å². The fourth-order valence-electron chi connectivity index (χ4n) is 5.17. The summed E-state index contributed by atoms with van der Waals surface area (Å²) in [5.74, 6) is -0.767. The van der Waals surface area contributed by atoms with Crippen molar-refractivity contribution < 1.29 is 22.7 Å². The van der Waals surface area contributed by atoms with Crippen LogP contribution in [0.2, 0.25) is 0 Å². The number of amides is 1. The monoisotopic (exact) mass is 495 g/mol. The quantitative estimate of drug-likeness (QED) is 0.461. The van der Waals surface area contributed by atoms with Gasteiger partial charge in [-0.05, 0) is 51.1 Å². The molecule has 1 aromatic rings. The minimum Gasteiger partial charge on any atom is -0.450 e. The second kappa shape index (κ2) is 9.85. The second-order valence-electron chi connectivity index (χ2n) is 9.21. The zero-order valence-electron chi connectivity index (χ0n) is 19.3. The van der Waals surface area contributed by atoms with Gasteiger partial charge in [-0.3, -0.25) is 4.79 Å². The van der Waals surface area contributed by atoms with Crippen LogP contribution in [-0.2, 0) is 24.3 Å². The fraction of sp³-hybridized carbons (Fsp3) is 0.652. The Balaban J connectivity index is 1.37. The predicted molar refractivity (Wildman–Crippen MR) is 126 cm³/mol. The van der Waals surface area contributed by atoms with E-state index in [1.807, 2.05) is 0 Å². The zero-order chi connectivity index (χ0) is 23.6. The summed E-state index contributed by atoms with van der Waals surface area (Å²) in [6, 6.07) is 3.88. The molecule has 0 bridgehead atoms. The lowest BCUT2D eigenvalue weighted by molar-refractivity contribution is -0.150. The Morgan fingerprint density at radius 1 is 1.27 bits per heavy atom. The van der Waals surface area contributed by atoms with Crippen LogP contribution < -0.4 is 5.32 Å². The molecular weight excluding hydrogens is 462 g/mol. The summed E-state index contributed by atoms with van der Waals surface area (Å²) in [5.41, 5.74) is -0.354. The van der Waals surface area contributed by atoms with E-state index in [4.69, 9.17) is 4.74 Å². The first-order valence-electron chi connectivity index (χ1n) is 11.8.